The molecule has 0 fully saturated rings. The zero-order valence-electron chi connectivity index (χ0n) is 9.03. The summed E-state index contributed by atoms with van der Waals surface area (Å²) in [6, 6.07) is 2.93. The molecule has 0 heterocycles. The fraction of sp³-hybridized carbons (Fsp3) is 0.400. The molecule has 0 aliphatic carbocycles. The second-order valence-electron chi connectivity index (χ2n) is 3.25. The normalized spacial score (nSPS) is 10.8. The molecule has 0 aromatic heterocycles. The number of hydrogen-bond donors (Lipinski definition) is 0. The lowest BCUT2D eigenvalue weighted by atomic mass is 10.2. The molecule has 92 valence electrons. The smallest absolute Gasteiger partial charge is 0.416 e. The third kappa shape index (κ3) is 3.88. The number of ether oxygens (including phenoxy) is 1. The Balaban J connectivity index is 3.14. The molecular formula is C10H10F3N3O. The lowest BCUT2D eigenvalue weighted by molar-refractivity contribution is -0.137. The lowest BCUT2D eigenvalue weighted by Gasteiger charge is -2.11. The van der Waals surface area contributed by atoms with Crippen molar-refractivity contribution in [2.45, 2.75) is 19.5 Å². The summed E-state index contributed by atoms with van der Waals surface area (Å²) in [5.74, 6) is 0.0454. The summed E-state index contributed by atoms with van der Waals surface area (Å²) in [5, 5.41) is 3.15. The van der Waals surface area contributed by atoms with E-state index in [0.717, 1.165) is 12.1 Å². The van der Waals surface area contributed by atoms with Gasteiger partial charge >= 0.3 is 6.18 Å². The highest BCUT2D eigenvalue weighted by atomic mass is 19.4. The molecule has 0 unspecified atom stereocenters. The number of azide groups is 1. The Kier molecular flexibility index (Phi) is 4.23. The molecule has 0 amide bonds. The number of benzene rings is 1. The van der Waals surface area contributed by atoms with Crippen LogP contribution in [0, 0.1) is 0 Å². The minimum atomic E-state index is -4.49. The molecule has 0 bridgehead atoms. The van der Waals surface area contributed by atoms with Gasteiger partial charge in [0.15, 0.2) is 0 Å². The number of rotatable bonds is 4. The Morgan fingerprint density at radius 3 is 2.59 bits per heavy atom. The molecule has 0 spiro atoms. The molecule has 17 heavy (non-hydrogen) atoms. The van der Waals surface area contributed by atoms with Crippen molar-refractivity contribution in [2.75, 3.05) is 6.61 Å². The molecular weight excluding hydrogens is 235 g/mol. The minimum absolute atomic E-state index is 0.0454. The van der Waals surface area contributed by atoms with Gasteiger partial charge in [0, 0.05) is 10.6 Å². The monoisotopic (exact) mass is 245 g/mol. The lowest BCUT2D eigenvalue weighted by Crippen LogP contribution is -2.05. The van der Waals surface area contributed by atoms with Gasteiger partial charge in [-0.25, -0.2) is 0 Å². The van der Waals surface area contributed by atoms with Crippen molar-refractivity contribution in [1.82, 2.24) is 0 Å². The standard InChI is InChI=1S/C10H10F3N3O/c1-2-3-17-9-5-7(10(11,12)13)4-8(6-9)15-16-14/h4-6H,2-3H2,1H3. The first-order valence-electron chi connectivity index (χ1n) is 4.87. The average Bonchev–Trinajstić information content (AvgIpc) is 2.25. The van der Waals surface area contributed by atoms with Gasteiger partial charge in [-0.1, -0.05) is 12.0 Å². The van der Waals surface area contributed by atoms with E-state index in [1.54, 1.807) is 0 Å². The first-order valence-corrected chi connectivity index (χ1v) is 4.87. The predicted octanol–water partition coefficient (Wildman–Crippen LogP) is 4.44. The molecule has 7 heteroatoms. The van der Waals surface area contributed by atoms with Crippen molar-refractivity contribution in [3.05, 3.63) is 34.2 Å². The summed E-state index contributed by atoms with van der Waals surface area (Å²) in [6.07, 6.45) is -3.82. The maximum atomic E-state index is 12.5. The Bertz CT molecular complexity index is 439. The zero-order valence-corrected chi connectivity index (χ0v) is 9.03. The van der Waals surface area contributed by atoms with Gasteiger partial charge < -0.3 is 4.74 Å². The van der Waals surface area contributed by atoms with Crippen LogP contribution < -0.4 is 4.74 Å². The van der Waals surface area contributed by atoms with E-state index in [0.29, 0.717) is 13.0 Å². The van der Waals surface area contributed by atoms with Gasteiger partial charge in [-0.3, -0.25) is 0 Å². The van der Waals surface area contributed by atoms with E-state index >= 15 is 0 Å². The first-order chi connectivity index (χ1) is 7.97. The molecule has 0 radical (unpaired) electrons. The van der Waals surface area contributed by atoms with Gasteiger partial charge in [0.2, 0.25) is 0 Å². The highest BCUT2D eigenvalue weighted by Crippen LogP contribution is 2.35. The Labute approximate surface area is 95.6 Å². The number of alkyl halides is 3. The van der Waals surface area contributed by atoms with Gasteiger partial charge in [0.25, 0.3) is 0 Å². The molecule has 0 saturated carbocycles. The van der Waals surface area contributed by atoms with Crippen LogP contribution in [0.2, 0.25) is 0 Å². The quantitative estimate of drug-likeness (QED) is 0.439. The van der Waals surface area contributed by atoms with Crippen LogP contribution in [0.1, 0.15) is 18.9 Å². The molecule has 0 N–H and O–H groups in total. The summed E-state index contributed by atoms with van der Waals surface area (Å²) in [5.41, 5.74) is 7.20. The highest BCUT2D eigenvalue weighted by Gasteiger charge is 2.31. The maximum Gasteiger partial charge on any atom is 0.416 e. The van der Waals surface area contributed by atoms with Crippen LogP contribution in [0.4, 0.5) is 18.9 Å². The summed E-state index contributed by atoms with van der Waals surface area (Å²) < 4.78 is 42.7. The van der Waals surface area contributed by atoms with Crippen LogP contribution in [-0.4, -0.2) is 6.61 Å². The van der Waals surface area contributed by atoms with E-state index in [4.69, 9.17) is 10.3 Å². The third-order valence-electron chi connectivity index (χ3n) is 1.85. The summed E-state index contributed by atoms with van der Waals surface area (Å²) in [7, 11) is 0. The van der Waals surface area contributed by atoms with Crippen molar-refractivity contribution in [1.29, 1.82) is 0 Å². The van der Waals surface area contributed by atoms with E-state index in [2.05, 4.69) is 10.0 Å². The van der Waals surface area contributed by atoms with E-state index < -0.39 is 11.7 Å². The fourth-order valence-electron chi connectivity index (χ4n) is 1.16. The number of halogens is 3. The van der Waals surface area contributed by atoms with Crippen LogP contribution >= 0.6 is 0 Å². The maximum absolute atomic E-state index is 12.5. The second kappa shape index (κ2) is 5.45. The Morgan fingerprint density at radius 1 is 1.35 bits per heavy atom. The molecule has 0 aliphatic rings. The van der Waals surface area contributed by atoms with Gasteiger partial charge in [0.1, 0.15) is 5.75 Å². The van der Waals surface area contributed by atoms with Gasteiger partial charge in [-0.15, -0.1) is 0 Å². The van der Waals surface area contributed by atoms with Crippen LogP contribution in [0.3, 0.4) is 0 Å². The van der Waals surface area contributed by atoms with Gasteiger partial charge in [-0.05, 0) is 30.2 Å². The topological polar surface area (TPSA) is 58.0 Å². The summed E-state index contributed by atoms with van der Waals surface area (Å²) in [6.45, 7) is 2.14. The zero-order chi connectivity index (χ0) is 12.9. The molecule has 1 rings (SSSR count). The Morgan fingerprint density at radius 2 is 2.06 bits per heavy atom. The molecule has 1 aromatic rings. The van der Waals surface area contributed by atoms with Gasteiger partial charge in [0.05, 0.1) is 12.2 Å². The second-order valence-corrected chi connectivity index (χ2v) is 3.25. The molecule has 0 saturated heterocycles. The van der Waals surface area contributed by atoms with E-state index in [9.17, 15) is 13.2 Å². The third-order valence-corrected chi connectivity index (χ3v) is 1.85. The van der Waals surface area contributed by atoms with E-state index in [1.807, 2.05) is 6.92 Å². The number of nitrogens with zero attached hydrogens (tertiary/aromatic N) is 3. The minimum Gasteiger partial charge on any atom is -0.494 e. The molecule has 4 nitrogen and oxygen atoms in total. The Hall–Kier alpha value is -1.88. The molecule has 1 aromatic carbocycles. The highest BCUT2D eigenvalue weighted by molar-refractivity contribution is 5.47. The van der Waals surface area contributed by atoms with E-state index in [-0.39, 0.29) is 11.4 Å². The largest absolute Gasteiger partial charge is 0.494 e. The van der Waals surface area contributed by atoms with Crippen LogP contribution in [0.5, 0.6) is 5.75 Å². The van der Waals surface area contributed by atoms with Crippen LogP contribution in [0.15, 0.2) is 23.3 Å². The predicted molar refractivity (Wildman–Crippen MR) is 56.0 cm³/mol. The van der Waals surface area contributed by atoms with Crippen LogP contribution in [-0.2, 0) is 6.18 Å². The van der Waals surface area contributed by atoms with Crippen molar-refractivity contribution < 1.29 is 17.9 Å². The van der Waals surface area contributed by atoms with Crippen molar-refractivity contribution in [3.8, 4) is 5.75 Å². The van der Waals surface area contributed by atoms with Gasteiger partial charge in [-0.2, -0.15) is 13.2 Å². The van der Waals surface area contributed by atoms with Crippen molar-refractivity contribution in [3.63, 3.8) is 0 Å². The summed E-state index contributed by atoms with van der Waals surface area (Å²) in [4.78, 5) is 2.45. The van der Waals surface area contributed by atoms with Crippen LogP contribution in [0.25, 0.3) is 10.4 Å². The summed E-state index contributed by atoms with van der Waals surface area (Å²) >= 11 is 0. The number of hydrogen-bond acceptors (Lipinski definition) is 2. The van der Waals surface area contributed by atoms with Crippen molar-refractivity contribution in [2.24, 2.45) is 5.11 Å². The first kappa shape index (κ1) is 13.2. The molecule has 0 atom stereocenters. The SMILES string of the molecule is CCCOc1cc(N=[N+]=[N-])cc(C(F)(F)F)c1. The van der Waals surface area contributed by atoms with E-state index in [1.165, 1.54) is 6.07 Å². The molecule has 0 aliphatic heterocycles. The average molecular weight is 245 g/mol. The fourth-order valence-corrected chi connectivity index (χ4v) is 1.16. The van der Waals surface area contributed by atoms with Crippen molar-refractivity contribution >= 4 is 5.69 Å².